The number of allylic oxidation sites excluding steroid dienone is 2. The first-order valence-electron chi connectivity index (χ1n) is 12.0. The van der Waals surface area contributed by atoms with Crippen LogP contribution in [0.2, 0.25) is 0 Å². The summed E-state index contributed by atoms with van der Waals surface area (Å²) in [5.74, 6) is -0.380. The van der Waals surface area contributed by atoms with Crippen molar-refractivity contribution in [1.29, 1.82) is 0 Å². The van der Waals surface area contributed by atoms with Gasteiger partial charge in [0.2, 0.25) is 0 Å². The van der Waals surface area contributed by atoms with Crippen molar-refractivity contribution in [2.45, 2.75) is 39.0 Å². The Morgan fingerprint density at radius 3 is 2.36 bits per heavy atom. The molecule has 36 heavy (non-hydrogen) atoms. The number of aryl methyl sites for hydroxylation is 2. The number of hydrogen-bond donors (Lipinski definition) is 0. The molecule has 0 aliphatic heterocycles. The van der Waals surface area contributed by atoms with Crippen LogP contribution in [0, 0.1) is 13.8 Å². The number of Topliss-reactive ketones (excluding diaryl/α,β-unsaturated/α-hetero) is 1. The summed E-state index contributed by atoms with van der Waals surface area (Å²) in [5, 5.41) is 0.551. The molecule has 0 saturated heterocycles. The van der Waals surface area contributed by atoms with Crippen LogP contribution < -0.4 is 5.43 Å². The van der Waals surface area contributed by atoms with Crippen LogP contribution >= 0.6 is 0 Å². The second-order valence-electron chi connectivity index (χ2n) is 9.51. The van der Waals surface area contributed by atoms with Gasteiger partial charge >= 0.3 is 0 Å². The Bertz CT molecular complexity index is 1520. The molecule has 1 heterocycles. The number of carbonyl (C=O) groups excluding carboxylic acids is 1. The van der Waals surface area contributed by atoms with Gasteiger partial charge in [-0.25, -0.2) is 0 Å². The van der Waals surface area contributed by atoms with Crippen LogP contribution in [0.4, 0.5) is 0 Å². The summed E-state index contributed by atoms with van der Waals surface area (Å²) in [7, 11) is 0. The molecule has 1 atom stereocenters. The molecule has 0 bridgehead atoms. The molecule has 4 heteroatoms. The van der Waals surface area contributed by atoms with Gasteiger partial charge in [0.1, 0.15) is 11.8 Å². The monoisotopic (exact) mass is 478 g/mol. The van der Waals surface area contributed by atoms with Crippen molar-refractivity contribution >= 4 is 22.8 Å². The van der Waals surface area contributed by atoms with Crippen molar-refractivity contribution in [2.75, 3.05) is 0 Å². The topological polar surface area (TPSA) is 78.8 Å². The summed E-state index contributed by atoms with van der Waals surface area (Å²) in [6.45, 7) is 8.10. The van der Waals surface area contributed by atoms with Crippen molar-refractivity contribution in [3.05, 3.63) is 134 Å². The van der Waals surface area contributed by atoms with E-state index >= 15 is 0 Å². The third kappa shape index (κ3) is 4.86. The summed E-state index contributed by atoms with van der Waals surface area (Å²) in [4.78, 5) is 26.7. The number of fused-ring (bicyclic) bond motifs is 1. The Hall–Kier alpha value is -4.02. The van der Waals surface area contributed by atoms with Crippen LogP contribution in [0.3, 0.4) is 0 Å². The van der Waals surface area contributed by atoms with Crippen LogP contribution in [0.1, 0.15) is 52.1 Å². The average molecular weight is 479 g/mol. The normalized spacial score (nSPS) is 16.8. The second-order valence-corrected chi connectivity index (χ2v) is 9.51. The first-order valence-corrected chi connectivity index (χ1v) is 12.0. The van der Waals surface area contributed by atoms with Crippen LogP contribution in [-0.2, 0) is 11.2 Å². The average Bonchev–Trinajstić information content (AvgIpc) is 2.84. The molecule has 4 aromatic rings. The summed E-state index contributed by atoms with van der Waals surface area (Å²) >= 11 is 0. The quantitative estimate of drug-likeness (QED) is 0.256. The van der Waals surface area contributed by atoms with E-state index in [1.165, 1.54) is 17.4 Å². The highest BCUT2D eigenvalue weighted by Crippen LogP contribution is 2.37. The number of ketones is 1. The molecule has 5 rings (SSSR count). The smallest absolute Gasteiger partial charge is 0.199 e. The van der Waals surface area contributed by atoms with E-state index in [1.54, 1.807) is 6.08 Å². The van der Waals surface area contributed by atoms with E-state index in [4.69, 9.17) is 4.42 Å². The maximum absolute atomic E-state index is 13.5. The van der Waals surface area contributed by atoms with E-state index in [0.29, 0.717) is 34.9 Å². The fraction of sp³-hybridized carbons (Fsp3) is 0.188. The first kappa shape index (κ1) is 25.1. The Balaban J connectivity index is 0.00000304. The minimum absolute atomic E-state index is 0. The van der Waals surface area contributed by atoms with Crippen LogP contribution in [0.5, 0.6) is 0 Å². The lowest BCUT2D eigenvalue weighted by atomic mass is 9.76. The fourth-order valence-electron chi connectivity index (χ4n) is 5.02. The van der Waals surface area contributed by atoms with Crippen molar-refractivity contribution in [1.82, 2.24) is 0 Å². The Labute approximate surface area is 210 Å². The summed E-state index contributed by atoms with van der Waals surface area (Å²) in [6.07, 6.45) is 5.33. The van der Waals surface area contributed by atoms with Gasteiger partial charge in [-0.05, 0) is 78.6 Å². The van der Waals surface area contributed by atoms with Gasteiger partial charge in [-0.3, -0.25) is 9.59 Å². The largest absolute Gasteiger partial charge is 0.463 e. The highest BCUT2D eigenvalue weighted by atomic mass is 16.3. The van der Waals surface area contributed by atoms with E-state index in [2.05, 4.69) is 30.8 Å². The zero-order chi connectivity index (χ0) is 24.5. The number of rotatable bonds is 4. The zero-order valence-corrected chi connectivity index (χ0v) is 20.6. The van der Waals surface area contributed by atoms with Gasteiger partial charge < -0.3 is 9.89 Å². The van der Waals surface area contributed by atoms with E-state index in [0.717, 1.165) is 28.7 Å². The van der Waals surface area contributed by atoms with Gasteiger partial charge in [0.05, 0.1) is 16.9 Å². The third-order valence-electron chi connectivity index (χ3n) is 6.83. The number of hydrogen-bond acceptors (Lipinski definition) is 3. The maximum Gasteiger partial charge on any atom is 0.199 e. The minimum Gasteiger partial charge on any atom is -0.463 e. The van der Waals surface area contributed by atoms with E-state index < -0.39 is 5.92 Å². The van der Waals surface area contributed by atoms with Gasteiger partial charge in [-0.2, -0.15) is 0 Å². The van der Waals surface area contributed by atoms with Crippen molar-refractivity contribution < 1.29 is 14.7 Å². The fourth-order valence-corrected chi connectivity index (χ4v) is 5.02. The van der Waals surface area contributed by atoms with Gasteiger partial charge in [0, 0.05) is 0 Å². The zero-order valence-electron chi connectivity index (χ0n) is 20.6. The molecule has 1 saturated carbocycles. The molecular weight excluding hydrogens is 448 g/mol. The van der Waals surface area contributed by atoms with Gasteiger partial charge in [-0.15, -0.1) is 0 Å². The van der Waals surface area contributed by atoms with Gasteiger partial charge in [-0.1, -0.05) is 72.8 Å². The lowest BCUT2D eigenvalue weighted by molar-refractivity contribution is -0.116. The van der Waals surface area contributed by atoms with E-state index in [-0.39, 0.29) is 16.7 Å². The van der Waals surface area contributed by atoms with Crippen molar-refractivity contribution in [3.8, 4) is 0 Å². The number of benzene rings is 3. The summed E-state index contributed by atoms with van der Waals surface area (Å²) < 4.78 is 5.81. The molecule has 4 nitrogen and oxygen atoms in total. The summed E-state index contributed by atoms with van der Waals surface area (Å²) in [6, 6.07) is 22.4. The predicted octanol–water partition coefficient (Wildman–Crippen LogP) is 6.26. The lowest BCUT2D eigenvalue weighted by Gasteiger charge is -2.26. The van der Waals surface area contributed by atoms with Crippen LogP contribution in [0.15, 0.2) is 99.9 Å². The molecule has 2 N–H and O–H groups in total. The van der Waals surface area contributed by atoms with Gasteiger partial charge in [0.15, 0.2) is 11.2 Å². The minimum atomic E-state index is -0.391. The molecule has 0 radical (unpaired) electrons. The highest BCUT2D eigenvalue weighted by molar-refractivity contribution is 6.06. The SMILES string of the molecule is C=C1CC/C(=C\c2coc3c(C)cc(C)cc3c2=O)C(=O)C1c1ccc(Cc2ccccc2)cc1.O. The standard InChI is InChI=1S/C32H28O3.H2O/c1-20-15-22(3)32-28(16-20)30(33)27(19-35-32)18-26-12-9-21(2)29(31(26)34)25-13-10-24(11-14-25)17-23-7-5-4-6-8-23;/h4-8,10-11,13-16,18-19,29H,2,9,12,17H2,1,3H3;1H2/b26-18+;. The van der Waals surface area contributed by atoms with Gasteiger partial charge in [0.25, 0.3) is 0 Å². The van der Waals surface area contributed by atoms with E-state index in [9.17, 15) is 9.59 Å². The maximum atomic E-state index is 13.5. The first-order chi connectivity index (χ1) is 16.9. The Morgan fingerprint density at radius 2 is 1.64 bits per heavy atom. The molecule has 0 amide bonds. The van der Waals surface area contributed by atoms with Crippen molar-refractivity contribution in [3.63, 3.8) is 0 Å². The molecule has 1 aromatic heterocycles. The van der Waals surface area contributed by atoms with Crippen LogP contribution in [-0.4, -0.2) is 11.3 Å². The Kier molecular flexibility index (Phi) is 7.18. The van der Waals surface area contributed by atoms with Crippen molar-refractivity contribution in [2.24, 2.45) is 0 Å². The molecule has 3 aromatic carbocycles. The highest BCUT2D eigenvalue weighted by Gasteiger charge is 2.31. The molecular formula is C32H30O4. The molecule has 182 valence electrons. The molecule has 0 spiro atoms. The van der Waals surface area contributed by atoms with E-state index in [1.807, 2.05) is 56.3 Å². The number of carbonyl (C=O) groups is 1. The second kappa shape index (κ2) is 10.3. The molecule has 1 aliphatic carbocycles. The summed E-state index contributed by atoms with van der Waals surface area (Å²) in [5.41, 5.74) is 7.79. The molecule has 1 fully saturated rings. The molecule has 1 unspecified atom stereocenters. The predicted molar refractivity (Wildman–Crippen MR) is 145 cm³/mol. The lowest BCUT2D eigenvalue weighted by Crippen LogP contribution is -2.22. The third-order valence-corrected chi connectivity index (χ3v) is 6.83. The Morgan fingerprint density at radius 1 is 0.944 bits per heavy atom. The van der Waals surface area contributed by atoms with Crippen LogP contribution in [0.25, 0.3) is 17.0 Å². The molecule has 1 aliphatic rings.